The first kappa shape index (κ1) is 42.1. The van der Waals surface area contributed by atoms with E-state index in [0.29, 0.717) is 18.1 Å². The molecule has 1 atom stereocenters. The van der Waals surface area contributed by atoms with Crippen LogP contribution in [0.1, 0.15) is 168 Å². The highest BCUT2D eigenvalue weighted by Gasteiger charge is 2.15. The Morgan fingerprint density at radius 3 is 1.29 bits per heavy atom. The molecule has 0 aromatic carbocycles. The number of aliphatic hydroxyl groups is 1. The number of hydrogen-bond donors (Lipinski definition) is 2. The summed E-state index contributed by atoms with van der Waals surface area (Å²) in [5.74, 6) is 3.01. The quantitative estimate of drug-likeness (QED) is 0.0678. The van der Waals surface area contributed by atoms with Crippen LogP contribution in [0.5, 0.6) is 0 Å². The second-order valence-corrected chi connectivity index (χ2v) is 15.5. The van der Waals surface area contributed by atoms with E-state index in [2.05, 4.69) is 19.2 Å². The zero-order valence-corrected chi connectivity index (χ0v) is 30.2. The summed E-state index contributed by atoms with van der Waals surface area (Å²) in [6.45, 7) is 4.81. The van der Waals surface area contributed by atoms with Gasteiger partial charge in [0.05, 0.1) is 23.4 Å². The van der Waals surface area contributed by atoms with E-state index in [1.165, 1.54) is 166 Å². The molecule has 0 fully saturated rings. The molecular formula is C35H69NO3S3. The second-order valence-electron chi connectivity index (χ2n) is 12.0. The normalized spacial score (nSPS) is 12.1. The number of carbonyl (C=O) groups excluding carboxylic acids is 2. The van der Waals surface area contributed by atoms with Crippen molar-refractivity contribution >= 4 is 46.3 Å². The smallest absolute Gasteiger partial charge is 0.230 e. The average Bonchev–Trinajstić information content (AvgIpc) is 2.99. The largest absolute Gasteiger partial charge is 0.395 e. The fraction of sp³-hybridized carbons (Fsp3) is 0.943. The van der Waals surface area contributed by atoms with Gasteiger partial charge in [0, 0.05) is 6.54 Å². The number of aliphatic hydroxyl groups excluding tert-OH is 1. The molecule has 7 heteroatoms. The molecule has 42 heavy (non-hydrogen) atoms. The van der Waals surface area contributed by atoms with Crippen LogP contribution >= 0.6 is 35.3 Å². The first-order chi connectivity index (χ1) is 20.6. The van der Waals surface area contributed by atoms with Crippen molar-refractivity contribution < 1.29 is 14.7 Å². The Labute approximate surface area is 274 Å². The third-order valence-electron chi connectivity index (χ3n) is 7.77. The van der Waals surface area contributed by atoms with Crippen molar-refractivity contribution in [3.05, 3.63) is 0 Å². The van der Waals surface area contributed by atoms with Crippen molar-refractivity contribution in [3.63, 3.8) is 0 Å². The minimum atomic E-state index is -0.255. The van der Waals surface area contributed by atoms with E-state index in [4.69, 9.17) is 0 Å². The van der Waals surface area contributed by atoms with Crippen LogP contribution in [-0.4, -0.2) is 57.5 Å². The predicted octanol–water partition coefficient (Wildman–Crippen LogP) is 10.6. The lowest BCUT2D eigenvalue weighted by atomic mass is 10.1. The summed E-state index contributed by atoms with van der Waals surface area (Å²) in [6, 6.07) is 0. The van der Waals surface area contributed by atoms with E-state index in [1.807, 2.05) is 0 Å². The second kappa shape index (κ2) is 35.6. The third kappa shape index (κ3) is 33.1. The monoisotopic (exact) mass is 647 g/mol. The Morgan fingerprint density at radius 2 is 0.905 bits per heavy atom. The van der Waals surface area contributed by atoms with Gasteiger partial charge < -0.3 is 10.4 Å². The van der Waals surface area contributed by atoms with Crippen molar-refractivity contribution in [1.82, 2.24) is 5.32 Å². The van der Waals surface area contributed by atoms with E-state index in [-0.39, 0.29) is 22.9 Å². The molecule has 4 nitrogen and oxygen atoms in total. The van der Waals surface area contributed by atoms with E-state index >= 15 is 0 Å². The number of amides is 1. The molecule has 1 unspecified atom stereocenters. The van der Waals surface area contributed by atoms with Crippen LogP contribution in [0.25, 0.3) is 0 Å². The van der Waals surface area contributed by atoms with Gasteiger partial charge in [-0.25, -0.2) is 0 Å². The molecule has 0 aromatic rings. The molecule has 0 saturated carbocycles. The van der Waals surface area contributed by atoms with E-state index in [1.54, 1.807) is 23.5 Å². The predicted molar refractivity (Wildman–Crippen MR) is 193 cm³/mol. The molecule has 0 aliphatic carbocycles. The number of thioether (sulfide) groups is 3. The summed E-state index contributed by atoms with van der Waals surface area (Å²) < 4.78 is 0. The van der Waals surface area contributed by atoms with E-state index in [0.717, 1.165) is 11.5 Å². The molecule has 0 aliphatic rings. The van der Waals surface area contributed by atoms with Crippen LogP contribution < -0.4 is 5.32 Å². The van der Waals surface area contributed by atoms with Crippen molar-refractivity contribution in [2.75, 3.05) is 36.2 Å². The van der Waals surface area contributed by atoms with Gasteiger partial charge in [-0.15, -0.1) is 0 Å². The lowest BCUT2D eigenvalue weighted by Gasteiger charge is -2.14. The molecule has 0 heterocycles. The van der Waals surface area contributed by atoms with Crippen LogP contribution in [0.4, 0.5) is 0 Å². The number of hydrogen-bond acceptors (Lipinski definition) is 6. The molecule has 0 saturated heterocycles. The maximum atomic E-state index is 12.3. The van der Waals surface area contributed by atoms with Crippen LogP contribution in [0.15, 0.2) is 0 Å². The molecular weight excluding hydrogens is 579 g/mol. The molecule has 0 radical (unpaired) electrons. The Hall–Kier alpha value is 0.150. The molecule has 1 amide bonds. The van der Waals surface area contributed by atoms with Crippen molar-refractivity contribution in [3.8, 4) is 0 Å². The summed E-state index contributed by atoms with van der Waals surface area (Å²) in [4.78, 5) is 24.5. The van der Waals surface area contributed by atoms with Crippen molar-refractivity contribution in [1.29, 1.82) is 0 Å². The fourth-order valence-corrected chi connectivity index (χ4v) is 7.75. The van der Waals surface area contributed by atoms with Gasteiger partial charge in [-0.3, -0.25) is 9.59 Å². The standard InChI is InChI=1S/C35H69NO3S3/c1-3-5-7-9-11-13-15-17-19-21-23-25-27-40-31-34(38)36-29-33(30-37)42-35(39)32-41-28-26-24-22-20-18-16-14-12-10-8-6-4-2/h33,37H,3-32H2,1-2H3,(H,36,38). The Kier molecular flexibility index (Phi) is 35.8. The first-order valence-corrected chi connectivity index (χ1v) is 21.0. The number of unbranched alkanes of at least 4 members (excludes halogenated alkanes) is 22. The molecule has 2 N–H and O–H groups in total. The zero-order valence-electron chi connectivity index (χ0n) is 27.8. The summed E-state index contributed by atoms with van der Waals surface area (Å²) >= 11 is 4.58. The minimum Gasteiger partial charge on any atom is -0.395 e. The van der Waals surface area contributed by atoms with E-state index in [9.17, 15) is 14.7 Å². The highest BCUT2D eigenvalue weighted by molar-refractivity contribution is 8.16. The van der Waals surface area contributed by atoms with Crippen LogP contribution in [0.3, 0.4) is 0 Å². The van der Waals surface area contributed by atoms with Crippen LogP contribution in [0, 0.1) is 0 Å². The number of nitrogens with one attached hydrogen (secondary N) is 1. The van der Waals surface area contributed by atoms with Gasteiger partial charge in [-0.1, -0.05) is 167 Å². The van der Waals surface area contributed by atoms with Gasteiger partial charge >= 0.3 is 0 Å². The number of carbonyl (C=O) groups is 2. The lowest BCUT2D eigenvalue weighted by Crippen LogP contribution is -2.34. The van der Waals surface area contributed by atoms with Gasteiger partial charge in [0.15, 0.2) is 5.12 Å². The first-order valence-electron chi connectivity index (χ1n) is 17.9. The van der Waals surface area contributed by atoms with Crippen LogP contribution in [0.2, 0.25) is 0 Å². The van der Waals surface area contributed by atoms with E-state index < -0.39 is 0 Å². The van der Waals surface area contributed by atoms with Gasteiger partial charge in [0.25, 0.3) is 0 Å². The lowest BCUT2D eigenvalue weighted by molar-refractivity contribution is -0.118. The maximum absolute atomic E-state index is 12.3. The maximum Gasteiger partial charge on any atom is 0.230 e. The molecule has 250 valence electrons. The van der Waals surface area contributed by atoms with Crippen LogP contribution in [-0.2, 0) is 9.59 Å². The fourth-order valence-electron chi connectivity index (χ4n) is 5.05. The highest BCUT2D eigenvalue weighted by atomic mass is 32.2. The Morgan fingerprint density at radius 1 is 0.548 bits per heavy atom. The van der Waals surface area contributed by atoms with Gasteiger partial charge in [0.1, 0.15) is 0 Å². The summed E-state index contributed by atoms with van der Waals surface area (Å²) in [5.41, 5.74) is 0. The van der Waals surface area contributed by atoms with Gasteiger partial charge in [-0.2, -0.15) is 23.5 Å². The van der Waals surface area contributed by atoms with Crippen molar-refractivity contribution in [2.45, 2.75) is 173 Å². The summed E-state index contributed by atoms with van der Waals surface area (Å²) in [6.07, 6.45) is 32.4. The average molecular weight is 648 g/mol. The summed E-state index contributed by atoms with van der Waals surface area (Å²) in [7, 11) is 0. The van der Waals surface area contributed by atoms with Crippen molar-refractivity contribution in [2.24, 2.45) is 0 Å². The zero-order chi connectivity index (χ0) is 30.8. The van der Waals surface area contributed by atoms with Gasteiger partial charge in [-0.05, 0) is 24.3 Å². The third-order valence-corrected chi connectivity index (χ3v) is 11.1. The molecule has 0 bridgehead atoms. The Bertz CT molecular complexity index is 580. The molecule has 0 aromatic heterocycles. The molecule has 0 rings (SSSR count). The minimum absolute atomic E-state index is 0.00628. The summed E-state index contributed by atoms with van der Waals surface area (Å²) in [5, 5.41) is 12.4. The Balaban J connectivity index is 3.51. The topological polar surface area (TPSA) is 66.4 Å². The number of rotatable bonds is 34. The highest BCUT2D eigenvalue weighted by Crippen LogP contribution is 2.18. The van der Waals surface area contributed by atoms with Gasteiger partial charge in [0.2, 0.25) is 5.91 Å². The molecule has 0 spiro atoms. The SMILES string of the molecule is CCCCCCCCCCCCCCSCC(=O)NCC(CO)SC(=O)CSCCCCCCCCCCCCCC. The molecule has 0 aliphatic heterocycles.